The molecule has 3 aromatic carbocycles. The highest BCUT2D eigenvalue weighted by molar-refractivity contribution is 5.95. The Balaban J connectivity index is 1.61. The fourth-order valence-electron chi connectivity index (χ4n) is 4.04. The molecule has 12 nitrogen and oxygen atoms in total. The van der Waals surface area contributed by atoms with Crippen LogP contribution in [0.1, 0.15) is 15.9 Å². The van der Waals surface area contributed by atoms with Crippen molar-refractivity contribution in [3.8, 4) is 57.6 Å². The van der Waals surface area contributed by atoms with Crippen LogP contribution in [-0.2, 0) is 7.05 Å². The number of carbonyl (C=O) groups excluding carboxylic acids is 1. The number of aromatic hydroxyl groups is 1. The maximum absolute atomic E-state index is 15.9. The summed E-state index contributed by atoms with van der Waals surface area (Å²) in [6.45, 7) is 0. The molecule has 2 heterocycles. The van der Waals surface area contributed by atoms with E-state index in [1.54, 1.807) is 42.2 Å². The maximum atomic E-state index is 15.9. The lowest BCUT2D eigenvalue weighted by Gasteiger charge is -2.16. The summed E-state index contributed by atoms with van der Waals surface area (Å²) < 4.78 is 55.6. The number of aryl methyl sites for hydroxylation is 1. The van der Waals surface area contributed by atoms with E-state index in [0.29, 0.717) is 11.4 Å². The van der Waals surface area contributed by atoms with Crippen LogP contribution in [0, 0.1) is 17.0 Å². The van der Waals surface area contributed by atoms with Gasteiger partial charge < -0.3 is 40.1 Å². The van der Waals surface area contributed by atoms with Crippen molar-refractivity contribution in [3.05, 3.63) is 95.8 Å². The van der Waals surface area contributed by atoms with E-state index in [2.05, 4.69) is 9.97 Å². The first-order valence-corrected chi connectivity index (χ1v) is 12.7. The zero-order chi connectivity index (χ0) is 31.5. The lowest BCUT2D eigenvalue weighted by Crippen LogP contribution is -2.11. The van der Waals surface area contributed by atoms with E-state index in [-0.39, 0.29) is 40.0 Å². The number of halogens is 2. The van der Waals surface area contributed by atoms with E-state index in [1.807, 2.05) is 0 Å². The molecule has 14 heteroatoms. The number of rotatable bonds is 10. The number of imidazole rings is 1. The van der Waals surface area contributed by atoms with Crippen molar-refractivity contribution in [3.63, 3.8) is 0 Å². The van der Waals surface area contributed by atoms with Gasteiger partial charge in [0.2, 0.25) is 23.3 Å². The molecule has 5 aromatic rings. The van der Waals surface area contributed by atoms with Gasteiger partial charge in [-0.05, 0) is 48.5 Å². The van der Waals surface area contributed by atoms with Crippen LogP contribution in [0.15, 0.2) is 73.1 Å². The SMILES string of the molecule is COc1cc(C(N)=O)ccc1Oc1c(F)c(Oc2cccc(-c3nccn3C)c2)nc(Oc2cc(C(=N)N)ccc2O)c1F. The summed E-state index contributed by atoms with van der Waals surface area (Å²) in [6, 6.07) is 13.9. The lowest BCUT2D eigenvalue weighted by atomic mass is 10.2. The molecule has 224 valence electrons. The third-order valence-electron chi connectivity index (χ3n) is 6.24. The molecular formula is C30H24F2N6O6. The average Bonchev–Trinajstić information content (AvgIpc) is 3.44. The maximum Gasteiger partial charge on any atom is 0.263 e. The fraction of sp³-hybridized carbons (Fsp3) is 0.0667. The number of hydrogen-bond acceptors (Lipinski definition) is 9. The van der Waals surface area contributed by atoms with Crippen LogP contribution < -0.4 is 30.4 Å². The van der Waals surface area contributed by atoms with Crippen molar-refractivity contribution in [2.75, 3.05) is 7.11 Å². The standard InChI is InChI=1S/C30H24F2N6O6/c1-38-11-10-36-28(38)17-4-3-5-18(12-17)42-29-23(31)25(43-20-9-7-16(27(35)40)14-22(20)41-2)24(32)30(37-29)44-21-13-15(26(33)34)6-8-19(21)39/h3-14,39H,1-2H3,(H3,33,34)(H2,35,40). The number of phenols is 1. The predicted octanol–water partition coefficient (Wildman–Crippen LogP) is 5.23. The minimum absolute atomic E-state index is 0.0589. The van der Waals surface area contributed by atoms with E-state index < -0.39 is 40.8 Å². The molecule has 0 aliphatic heterocycles. The van der Waals surface area contributed by atoms with Gasteiger partial charge >= 0.3 is 0 Å². The second-order valence-corrected chi connectivity index (χ2v) is 9.20. The van der Waals surface area contributed by atoms with Crippen LogP contribution in [-0.4, -0.2) is 38.5 Å². The Morgan fingerprint density at radius 2 is 1.61 bits per heavy atom. The van der Waals surface area contributed by atoms with Gasteiger partial charge in [-0.1, -0.05) is 12.1 Å². The molecule has 0 saturated carbocycles. The van der Waals surface area contributed by atoms with Gasteiger partial charge in [0.1, 0.15) is 17.4 Å². The zero-order valence-electron chi connectivity index (χ0n) is 23.2. The van der Waals surface area contributed by atoms with Crippen molar-refractivity contribution in [2.45, 2.75) is 0 Å². The van der Waals surface area contributed by atoms with Gasteiger partial charge in [-0.15, -0.1) is 0 Å². The molecule has 0 saturated heterocycles. The second kappa shape index (κ2) is 12.0. The van der Waals surface area contributed by atoms with E-state index in [4.69, 9.17) is 35.8 Å². The van der Waals surface area contributed by atoms with Crippen LogP contribution >= 0.6 is 0 Å². The monoisotopic (exact) mass is 602 g/mol. The Morgan fingerprint density at radius 3 is 2.27 bits per heavy atom. The second-order valence-electron chi connectivity index (χ2n) is 9.20. The number of nitrogen functional groups attached to an aromatic ring is 1. The highest BCUT2D eigenvalue weighted by atomic mass is 19.1. The number of primary amides is 1. The van der Waals surface area contributed by atoms with Crippen LogP contribution in [0.4, 0.5) is 8.78 Å². The van der Waals surface area contributed by atoms with E-state index in [9.17, 15) is 9.90 Å². The molecule has 1 amide bonds. The zero-order valence-corrected chi connectivity index (χ0v) is 23.2. The molecule has 6 N–H and O–H groups in total. The molecule has 0 fully saturated rings. The number of hydrogen-bond donors (Lipinski definition) is 4. The number of nitrogens with one attached hydrogen (secondary N) is 1. The van der Waals surface area contributed by atoms with E-state index in [0.717, 1.165) is 0 Å². The number of methoxy groups -OCH3 is 1. The highest BCUT2D eigenvalue weighted by Crippen LogP contribution is 2.43. The molecule has 0 aliphatic rings. The molecule has 44 heavy (non-hydrogen) atoms. The Bertz CT molecular complexity index is 1910. The van der Waals surface area contributed by atoms with Gasteiger partial charge in [0.25, 0.3) is 11.8 Å². The van der Waals surface area contributed by atoms with Crippen LogP contribution in [0.2, 0.25) is 0 Å². The van der Waals surface area contributed by atoms with E-state index in [1.165, 1.54) is 49.6 Å². The first-order valence-electron chi connectivity index (χ1n) is 12.7. The minimum atomic E-state index is -1.41. The number of ether oxygens (including phenoxy) is 4. The molecule has 0 spiro atoms. The van der Waals surface area contributed by atoms with Crippen LogP contribution in [0.5, 0.6) is 46.3 Å². The quantitative estimate of drug-likeness (QED) is 0.123. The Morgan fingerprint density at radius 1 is 0.909 bits per heavy atom. The summed E-state index contributed by atoms with van der Waals surface area (Å²) in [5.41, 5.74) is 11.7. The number of nitrogens with two attached hydrogens (primary N) is 2. The van der Waals surface area contributed by atoms with Gasteiger partial charge in [0, 0.05) is 36.1 Å². The van der Waals surface area contributed by atoms with Crippen molar-refractivity contribution in [1.82, 2.24) is 14.5 Å². The molecule has 0 unspecified atom stereocenters. The van der Waals surface area contributed by atoms with Gasteiger partial charge in [-0.25, -0.2) is 4.98 Å². The molecule has 0 radical (unpaired) electrons. The number of carbonyl (C=O) groups is 1. The summed E-state index contributed by atoms with van der Waals surface area (Å²) >= 11 is 0. The average molecular weight is 603 g/mol. The molecule has 2 aromatic heterocycles. The molecule has 0 atom stereocenters. The van der Waals surface area contributed by atoms with Gasteiger partial charge in [0.05, 0.1) is 7.11 Å². The van der Waals surface area contributed by atoms with E-state index >= 15 is 8.78 Å². The first-order chi connectivity index (χ1) is 21.0. The van der Waals surface area contributed by atoms with Gasteiger partial charge in [0.15, 0.2) is 23.0 Å². The van der Waals surface area contributed by atoms with Crippen molar-refractivity contribution in [1.29, 1.82) is 5.41 Å². The molecule has 5 rings (SSSR count). The summed E-state index contributed by atoms with van der Waals surface area (Å²) in [6.07, 6.45) is 3.36. The normalized spacial score (nSPS) is 10.7. The Hall–Kier alpha value is -6.18. The summed E-state index contributed by atoms with van der Waals surface area (Å²) in [5.74, 6) is -6.78. The number of amides is 1. The van der Waals surface area contributed by atoms with Crippen LogP contribution in [0.25, 0.3) is 11.4 Å². The summed E-state index contributed by atoms with van der Waals surface area (Å²) in [5, 5.41) is 18.0. The third-order valence-corrected chi connectivity index (χ3v) is 6.24. The van der Waals surface area contributed by atoms with Crippen molar-refractivity contribution >= 4 is 11.7 Å². The number of aromatic nitrogens is 3. The summed E-state index contributed by atoms with van der Waals surface area (Å²) in [7, 11) is 3.06. The molecular weight excluding hydrogens is 578 g/mol. The first kappa shape index (κ1) is 29.3. The molecule has 0 bridgehead atoms. The van der Waals surface area contributed by atoms with Crippen molar-refractivity contribution < 1.29 is 37.6 Å². The number of amidine groups is 1. The summed E-state index contributed by atoms with van der Waals surface area (Å²) in [4.78, 5) is 19.8. The highest BCUT2D eigenvalue weighted by Gasteiger charge is 2.28. The topological polar surface area (TPSA) is 181 Å². The predicted molar refractivity (Wildman–Crippen MR) is 154 cm³/mol. The lowest BCUT2D eigenvalue weighted by molar-refractivity contribution is 0.1000. The minimum Gasteiger partial charge on any atom is -0.504 e. The number of nitrogens with zero attached hydrogens (tertiary/aromatic N) is 3. The van der Waals surface area contributed by atoms with Gasteiger partial charge in [-0.2, -0.15) is 13.8 Å². The van der Waals surface area contributed by atoms with Crippen molar-refractivity contribution in [2.24, 2.45) is 18.5 Å². The number of pyridine rings is 1. The Labute approximate surface area is 248 Å². The Kier molecular flexibility index (Phi) is 7.98. The largest absolute Gasteiger partial charge is 0.504 e. The smallest absolute Gasteiger partial charge is 0.263 e. The molecule has 0 aliphatic carbocycles. The number of phenolic OH excluding ortho intramolecular Hbond substituents is 1. The van der Waals surface area contributed by atoms with Gasteiger partial charge in [-0.3, -0.25) is 10.2 Å². The third kappa shape index (κ3) is 5.90. The fourth-order valence-corrected chi connectivity index (χ4v) is 4.04. The van der Waals surface area contributed by atoms with Crippen LogP contribution in [0.3, 0.4) is 0 Å². The number of benzene rings is 3.